The number of amides is 1. The molecule has 7 heteroatoms. The van der Waals surface area contributed by atoms with E-state index in [1.807, 2.05) is 62.4 Å². The first-order chi connectivity index (χ1) is 17.4. The third-order valence-corrected chi connectivity index (χ3v) is 6.90. The van der Waals surface area contributed by atoms with Crippen molar-refractivity contribution in [3.8, 4) is 11.5 Å². The van der Waals surface area contributed by atoms with Crippen LogP contribution in [-0.2, 0) is 11.4 Å². The molecule has 4 rings (SSSR count). The van der Waals surface area contributed by atoms with Crippen LogP contribution in [0.2, 0.25) is 0 Å². The Bertz CT molecular complexity index is 1290. The lowest BCUT2D eigenvalue weighted by Gasteiger charge is -2.22. The molecule has 1 aliphatic heterocycles. The molecule has 0 spiro atoms. The molecule has 0 saturated carbocycles. The zero-order chi connectivity index (χ0) is 25.7. The summed E-state index contributed by atoms with van der Waals surface area (Å²) in [6.45, 7) is 6.41. The Labute approximate surface area is 215 Å². The smallest absolute Gasteiger partial charge is 0.266 e. The van der Waals surface area contributed by atoms with Crippen LogP contribution in [0.25, 0.3) is 6.08 Å². The minimum absolute atomic E-state index is 0.0249. The van der Waals surface area contributed by atoms with Gasteiger partial charge in [-0.05, 0) is 85.6 Å². The monoisotopic (exact) mass is 504 g/mol. The number of ether oxygens (including phenoxy) is 2. The van der Waals surface area contributed by atoms with Gasteiger partial charge in [-0.1, -0.05) is 42.8 Å². The SMILES string of the molecule is CC[C@@H](C)N1C(=O)/C(=C\c2ccc(OCc3ccc(F)cc3)c(OC)c2)SC1=Nc1ccc(C)cc1. The fourth-order valence-corrected chi connectivity index (χ4v) is 4.74. The van der Waals surface area contributed by atoms with Crippen LogP contribution in [0.1, 0.15) is 37.0 Å². The van der Waals surface area contributed by atoms with Gasteiger partial charge in [-0.25, -0.2) is 9.38 Å². The van der Waals surface area contributed by atoms with Crippen LogP contribution in [0.4, 0.5) is 10.1 Å². The molecule has 36 heavy (non-hydrogen) atoms. The van der Waals surface area contributed by atoms with Gasteiger partial charge in [-0.2, -0.15) is 0 Å². The van der Waals surface area contributed by atoms with Crippen molar-refractivity contribution in [1.82, 2.24) is 4.90 Å². The van der Waals surface area contributed by atoms with Crippen LogP contribution >= 0.6 is 11.8 Å². The number of aryl methyl sites for hydroxylation is 1. The molecule has 0 N–H and O–H groups in total. The molecule has 0 radical (unpaired) electrons. The second-order valence-corrected chi connectivity index (χ2v) is 9.61. The van der Waals surface area contributed by atoms with Gasteiger partial charge in [0.05, 0.1) is 17.7 Å². The maximum atomic E-state index is 13.3. The number of methoxy groups -OCH3 is 1. The largest absolute Gasteiger partial charge is 0.493 e. The first-order valence-electron chi connectivity index (χ1n) is 11.8. The van der Waals surface area contributed by atoms with Gasteiger partial charge in [-0.15, -0.1) is 0 Å². The molecule has 3 aromatic carbocycles. The Hall–Kier alpha value is -3.58. The quantitative estimate of drug-likeness (QED) is 0.306. The van der Waals surface area contributed by atoms with Crippen molar-refractivity contribution in [3.05, 3.63) is 94.1 Å². The van der Waals surface area contributed by atoms with Crippen LogP contribution in [0.15, 0.2) is 76.6 Å². The minimum Gasteiger partial charge on any atom is -0.493 e. The van der Waals surface area contributed by atoms with Crippen LogP contribution in [0, 0.1) is 12.7 Å². The van der Waals surface area contributed by atoms with E-state index in [4.69, 9.17) is 14.5 Å². The van der Waals surface area contributed by atoms with Crippen molar-refractivity contribution < 1.29 is 18.7 Å². The molecule has 1 amide bonds. The topological polar surface area (TPSA) is 51.1 Å². The number of carbonyl (C=O) groups excluding carboxylic acids is 1. The summed E-state index contributed by atoms with van der Waals surface area (Å²) in [5, 5.41) is 0.677. The van der Waals surface area contributed by atoms with E-state index in [1.54, 1.807) is 24.1 Å². The van der Waals surface area contributed by atoms with Gasteiger partial charge >= 0.3 is 0 Å². The van der Waals surface area contributed by atoms with E-state index in [0.717, 1.165) is 28.8 Å². The first-order valence-corrected chi connectivity index (χ1v) is 12.6. The highest BCUT2D eigenvalue weighted by Gasteiger charge is 2.36. The highest BCUT2D eigenvalue weighted by Crippen LogP contribution is 2.37. The lowest BCUT2D eigenvalue weighted by Crippen LogP contribution is -2.36. The molecule has 3 aromatic rings. The van der Waals surface area contributed by atoms with Crippen molar-refractivity contribution >= 4 is 34.6 Å². The molecule has 1 aliphatic rings. The number of nitrogens with zero attached hydrogens (tertiary/aromatic N) is 2. The fourth-order valence-electron chi connectivity index (χ4n) is 3.65. The van der Waals surface area contributed by atoms with Crippen LogP contribution in [-0.4, -0.2) is 29.1 Å². The van der Waals surface area contributed by atoms with E-state index in [9.17, 15) is 9.18 Å². The second kappa shape index (κ2) is 11.4. The third kappa shape index (κ3) is 5.97. The maximum absolute atomic E-state index is 13.3. The Balaban J connectivity index is 1.57. The summed E-state index contributed by atoms with van der Waals surface area (Å²) in [5.74, 6) is 0.772. The van der Waals surface area contributed by atoms with Crippen LogP contribution in [0.5, 0.6) is 11.5 Å². The molecule has 0 aromatic heterocycles. The Morgan fingerprint density at radius 3 is 2.44 bits per heavy atom. The molecule has 0 bridgehead atoms. The Morgan fingerprint density at radius 2 is 1.78 bits per heavy atom. The number of rotatable bonds is 8. The Morgan fingerprint density at radius 1 is 1.06 bits per heavy atom. The molecular formula is C29H29FN2O3S. The lowest BCUT2D eigenvalue weighted by atomic mass is 10.1. The normalized spacial score (nSPS) is 16.6. The number of carbonyl (C=O) groups is 1. The van der Waals surface area contributed by atoms with Gasteiger partial charge in [0.25, 0.3) is 5.91 Å². The summed E-state index contributed by atoms with van der Waals surface area (Å²) in [7, 11) is 1.57. The molecular weight excluding hydrogens is 475 g/mol. The van der Waals surface area contributed by atoms with Crippen molar-refractivity contribution in [1.29, 1.82) is 0 Å². The first kappa shape index (κ1) is 25.5. The molecule has 0 unspecified atom stereocenters. The van der Waals surface area contributed by atoms with Crippen LogP contribution in [0.3, 0.4) is 0 Å². The van der Waals surface area contributed by atoms with Crippen LogP contribution < -0.4 is 9.47 Å². The molecule has 1 fully saturated rings. The number of thioether (sulfide) groups is 1. The van der Waals surface area contributed by atoms with Crippen molar-refractivity contribution in [3.63, 3.8) is 0 Å². The number of aliphatic imine (C=N–C) groups is 1. The average Bonchev–Trinajstić information content (AvgIpc) is 3.19. The van der Waals surface area contributed by atoms with Crippen molar-refractivity contribution in [2.45, 2.75) is 39.8 Å². The average molecular weight is 505 g/mol. The van der Waals surface area contributed by atoms with E-state index in [0.29, 0.717) is 21.6 Å². The molecule has 1 heterocycles. The Kier molecular flexibility index (Phi) is 8.10. The van der Waals surface area contributed by atoms with Gasteiger partial charge in [0.1, 0.15) is 12.4 Å². The standard InChI is InChI=1S/C29H29FN2O3S/c1-5-20(3)32-28(33)27(36-29(32)31-24-13-6-19(2)7-14-24)17-22-10-15-25(26(16-22)34-4)35-18-21-8-11-23(30)12-9-21/h6-17,20H,5,18H2,1-4H3/b27-17+,31-29?/t20-/m1/s1. The van der Waals surface area contributed by atoms with E-state index >= 15 is 0 Å². The molecule has 1 saturated heterocycles. The van der Waals surface area contributed by atoms with Gasteiger partial charge in [0, 0.05) is 6.04 Å². The van der Waals surface area contributed by atoms with E-state index < -0.39 is 0 Å². The third-order valence-electron chi connectivity index (χ3n) is 5.92. The summed E-state index contributed by atoms with van der Waals surface area (Å²) in [4.78, 5) is 20.5. The van der Waals surface area contributed by atoms with Gasteiger partial charge in [-0.3, -0.25) is 9.69 Å². The number of halogens is 1. The maximum Gasteiger partial charge on any atom is 0.266 e. The van der Waals surface area contributed by atoms with Gasteiger partial charge in [0.2, 0.25) is 0 Å². The zero-order valence-corrected chi connectivity index (χ0v) is 21.6. The van der Waals surface area contributed by atoms with E-state index in [-0.39, 0.29) is 24.4 Å². The zero-order valence-electron chi connectivity index (χ0n) is 20.8. The van der Waals surface area contributed by atoms with Crippen molar-refractivity contribution in [2.75, 3.05) is 7.11 Å². The number of amidine groups is 1. The lowest BCUT2D eigenvalue weighted by molar-refractivity contribution is -0.123. The van der Waals surface area contributed by atoms with Gasteiger partial charge in [0.15, 0.2) is 16.7 Å². The molecule has 1 atom stereocenters. The predicted octanol–water partition coefficient (Wildman–Crippen LogP) is 7.12. The summed E-state index contributed by atoms with van der Waals surface area (Å²) in [6.07, 6.45) is 2.67. The summed E-state index contributed by atoms with van der Waals surface area (Å²) in [5.41, 5.74) is 3.64. The van der Waals surface area contributed by atoms with E-state index in [2.05, 4.69) is 6.92 Å². The number of benzene rings is 3. The van der Waals surface area contributed by atoms with Gasteiger partial charge < -0.3 is 9.47 Å². The summed E-state index contributed by atoms with van der Waals surface area (Å²) < 4.78 is 24.6. The second-order valence-electron chi connectivity index (χ2n) is 8.60. The summed E-state index contributed by atoms with van der Waals surface area (Å²) >= 11 is 1.38. The number of hydrogen-bond donors (Lipinski definition) is 0. The summed E-state index contributed by atoms with van der Waals surface area (Å²) in [6, 6.07) is 19.7. The highest BCUT2D eigenvalue weighted by molar-refractivity contribution is 8.18. The number of hydrogen-bond acceptors (Lipinski definition) is 5. The predicted molar refractivity (Wildman–Crippen MR) is 144 cm³/mol. The molecule has 5 nitrogen and oxygen atoms in total. The molecule has 186 valence electrons. The fraction of sp³-hybridized carbons (Fsp3) is 0.241. The highest BCUT2D eigenvalue weighted by atomic mass is 32.2. The van der Waals surface area contributed by atoms with E-state index in [1.165, 1.54) is 23.9 Å². The van der Waals surface area contributed by atoms with Crippen molar-refractivity contribution in [2.24, 2.45) is 4.99 Å². The molecule has 0 aliphatic carbocycles. The minimum atomic E-state index is -0.285.